The number of carbonyl (C=O) groups excluding carboxylic acids is 1. The molecule has 59 heavy (non-hydrogen) atoms. The second-order valence-corrected chi connectivity index (χ2v) is 14.7. The van der Waals surface area contributed by atoms with Gasteiger partial charge in [0, 0.05) is 6.92 Å². The van der Waals surface area contributed by atoms with E-state index < -0.39 is 192 Å². The maximum atomic E-state index is 12.4. The molecule has 5 saturated heterocycles. The van der Waals surface area contributed by atoms with Crippen molar-refractivity contribution in [3.63, 3.8) is 0 Å². The first kappa shape index (κ1) is 48.5. The van der Waals surface area contributed by atoms with Gasteiger partial charge in [-0.3, -0.25) is 4.79 Å². The maximum Gasteiger partial charge on any atom is 0.217 e. The van der Waals surface area contributed by atoms with E-state index in [9.17, 15) is 86.5 Å². The van der Waals surface area contributed by atoms with E-state index in [-0.39, 0.29) is 0 Å². The van der Waals surface area contributed by atoms with Crippen molar-refractivity contribution in [1.29, 1.82) is 0 Å². The third kappa shape index (κ3) is 10.2. The molecule has 0 aromatic rings. The van der Waals surface area contributed by atoms with E-state index in [2.05, 4.69) is 5.32 Å². The first-order valence-electron chi connectivity index (χ1n) is 18.6. The van der Waals surface area contributed by atoms with Gasteiger partial charge in [-0.05, 0) is 0 Å². The normalized spacial score (nSPS) is 51.0. The van der Waals surface area contributed by atoms with E-state index in [4.69, 9.17) is 42.6 Å². The SMILES string of the molecule is CC(=O)N[C@H]1[C@H](O[C@H]2[C@@H](O)[C@@H](CO)O[C@@H](O[C@H]3[C@H](O)[C@@H](O)[C@@H](O)O[C@@H]3CO)[C@@H]2O)O[C@H](CO)[C@@H](O[C@@H]2O[C@H](CO)[C@H](O)[C@H](O[C@H]3O[C@H](CO)[C@@H](O)[C@H](O)[C@H]3O)[C@H]2O)[C@@H]1O. The van der Waals surface area contributed by atoms with E-state index in [1.807, 2.05) is 0 Å². The molecule has 1 amide bonds. The van der Waals surface area contributed by atoms with Crippen LogP contribution in [0.15, 0.2) is 0 Å². The molecule has 0 unspecified atom stereocenters. The molecule has 27 nitrogen and oxygen atoms in total. The fraction of sp³-hybridized carbons (Fsp3) is 0.969. The molecule has 17 N–H and O–H groups in total. The van der Waals surface area contributed by atoms with E-state index in [0.717, 1.165) is 6.92 Å². The molecule has 27 heteroatoms. The van der Waals surface area contributed by atoms with Gasteiger partial charge in [0.1, 0.15) is 122 Å². The Labute approximate surface area is 333 Å². The van der Waals surface area contributed by atoms with Crippen LogP contribution in [0.4, 0.5) is 0 Å². The molecule has 0 bridgehead atoms. The molecule has 25 atom stereocenters. The summed E-state index contributed by atoms with van der Waals surface area (Å²) < 4.78 is 50.0. The summed E-state index contributed by atoms with van der Waals surface area (Å²) >= 11 is 0. The van der Waals surface area contributed by atoms with Gasteiger partial charge in [-0.1, -0.05) is 0 Å². The standard InChI is InChI=1S/C32H55NO26/c1-7(39)33-13-17(43)24(56-31-23(49)27(16(42)10(4-36)53-31)59-30-21(47)18(44)14(40)8(2-34)52-30)12(6-38)55-29(13)58-26-15(41)9(3-35)54-32(22(26)48)57-25-11(5-37)51-28(50)20(46)19(25)45/h8-32,34-38,40-50H,2-6H2,1H3,(H,33,39)/t8-,9-,10-,11-,12-,13-,14-,15+,16+,17-,18+,19-,20-,21-,22-,23-,24-,25-,26+,27+,28+,29+,30-,31+,32+/m1/s1. The van der Waals surface area contributed by atoms with Gasteiger partial charge < -0.3 is 130 Å². The van der Waals surface area contributed by atoms with Crippen molar-refractivity contribution in [1.82, 2.24) is 5.32 Å². The Morgan fingerprint density at radius 3 is 1.24 bits per heavy atom. The largest absolute Gasteiger partial charge is 0.394 e. The van der Waals surface area contributed by atoms with Crippen LogP contribution < -0.4 is 5.32 Å². The number of amides is 1. The van der Waals surface area contributed by atoms with Crippen LogP contribution in [-0.2, 0) is 47.4 Å². The second kappa shape index (κ2) is 20.8. The average Bonchev–Trinajstić information content (AvgIpc) is 3.21. The zero-order valence-corrected chi connectivity index (χ0v) is 31.2. The van der Waals surface area contributed by atoms with Crippen LogP contribution >= 0.6 is 0 Å². The molecule has 0 aromatic carbocycles. The Hall–Kier alpha value is -1.53. The van der Waals surface area contributed by atoms with Gasteiger partial charge in [0.25, 0.3) is 0 Å². The first-order valence-corrected chi connectivity index (χ1v) is 18.6. The first-order chi connectivity index (χ1) is 27.9. The number of aliphatic hydroxyl groups is 16. The Morgan fingerprint density at radius 2 is 0.780 bits per heavy atom. The monoisotopic (exact) mass is 869 g/mol. The van der Waals surface area contributed by atoms with Crippen LogP contribution in [0.1, 0.15) is 6.92 Å². The molecule has 0 saturated carbocycles. The highest BCUT2D eigenvalue weighted by Crippen LogP contribution is 2.35. The fourth-order valence-corrected chi connectivity index (χ4v) is 7.43. The predicted octanol–water partition coefficient (Wildman–Crippen LogP) is -11.8. The minimum atomic E-state index is -2.09. The van der Waals surface area contributed by atoms with Crippen LogP contribution in [-0.4, -0.2) is 274 Å². The smallest absolute Gasteiger partial charge is 0.217 e. The van der Waals surface area contributed by atoms with Crippen molar-refractivity contribution < 1.29 is 129 Å². The summed E-state index contributed by atoms with van der Waals surface area (Å²) in [6.45, 7) is -3.57. The molecule has 0 spiro atoms. The lowest BCUT2D eigenvalue weighted by molar-refractivity contribution is -0.386. The van der Waals surface area contributed by atoms with Crippen molar-refractivity contribution in [2.24, 2.45) is 0 Å². The van der Waals surface area contributed by atoms with Crippen molar-refractivity contribution in [2.75, 3.05) is 33.0 Å². The lowest BCUT2D eigenvalue weighted by Crippen LogP contribution is -2.70. The zero-order chi connectivity index (χ0) is 43.6. The third-order valence-electron chi connectivity index (χ3n) is 10.7. The molecule has 5 aliphatic heterocycles. The molecule has 5 fully saturated rings. The lowest BCUT2D eigenvalue weighted by atomic mass is 9.94. The Kier molecular flexibility index (Phi) is 17.1. The minimum Gasteiger partial charge on any atom is -0.394 e. The fourth-order valence-electron chi connectivity index (χ4n) is 7.43. The number of nitrogens with one attached hydrogen (secondary N) is 1. The van der Waals surface area contributed by atoms with Crippen molar-refractivity contribution >= 4 is 5.91 Å². The molecule has 0 aliphatic carbocycles. The van der Waals surface area contributed by atoms with E-state index in [0.29, 0.717) is 0 Å². The summed E-state index contributed by atoms with van der Waals surface area (Å²) in [5.41, 5.74) is 0. The van der Waals surface area contributed by atoms with Gasteiger partial charge in [-0.25, -0.2) is 0 Å². The summed E-state index contributed by atoms with van der Waals surface area (Å²) in [5, 5.41) is 169. The van der Waals surface area contributed by atoms with Crippen LogP contribution in [0, 0.1) is 0 Å². The summed E-state index contributed by atoms with van der Waals surface area (Å²) in [6, 6.07) is -1.72. The average molecular weight is 870 g/mol. The maximum absolute atomic E-state index is 12.4. The second-order valence-electron chi connectivity index (χ2n) is 14.7. The number of hydrogen-bond donors (Lipinski definition) is 17. The van der Waals surface area contributed by atoms with E-state index in [1.165, 1.54) is 0 Å². The van der Waals surface area contributed by atoms with Crippen molar-refractivity contribution in [2.45, 2.75) is 160 Å². The number of carbonyl (C=O) groups is 1. The number of rotatable bonds is 14. The van der Waals surface area contributed by atoms with Gasteiger partial charge in [-0.15, -0.1) is 0 Å². The minimum absolute atomic E-state index is 0.817. The molecule has 344 valence electrons. The highest BCUT2D eigenvalue weighted by atomic mass is 16.8. The third-order valence-corrected chi connectivity index (χ3v) is 10.7. The number of aliphatic hydroxyl groups excluding tert-OH is 16. The van der Waals surface area contributed by atoms with Crippen molar-refractivity contribution in [3.05, 3.63) is 0 Å². The number of hydrogen-bond acceptors (Lipinski definition) is 26. The Balaban J connectivity index is 1.35. The summed E-state index contributed by atoms with van der Waals surface area (Å²) in [7, 11) is 0. The van der Waals surface area contributed by atoms with E-state index in [1.54, 1.807) is 0 Å². The summed E-state index contributed by atoms with van der Waals surface area (Å²) in [4.78, 5) is 12.4. The Morgan fingerprint density at radius 1 is 0.407 bits per heavy atom. The lowest BCUT2D eigenvalue weighted by Gasteiger charge is -2.50. The van der Waals surface area contributed by atoms with Crippen LogP contribution in [0.2, 0.25) is 0 Å². The summed E-state index contributed by atoms with van der Waals surface area (Å²) in [5.74, 6) is -0.817. The quantitative estimate of drug-likeness (QED) is 0.0770. The molecule has 0 radical (unpaired) electrons. The topological polar surface area (TPSA) is 436 Å². The molecular weight excluding hydrogens is 814 g/mol. The zero-order valence-electron chi connectivity index (χ0n) is 31.2. The molecular formula is C32H55NO26. The molecule has 5 heterocycles. The van der Waals surface area contributed by atoms with Crippen LogP contribution in [0.5, 0.6) is 0 Å². The molecule has 5 aliphatic rings. The van der Waals surface area contributed by atoms with Gasteiger partial charge in [0.15, 0.2) is 31.5 Å². The molecule has 5 rings (SSSR count). The van der Waals surface area contributed by atoms with Crippen LogP contribution in [0.3, 0.4) is 0 Å². The van der Waals surface area contributed by atoms with Gasteiger partial charge in [0.05, 0.1) is 33.0 Å². The van der Waals surface area contributed by atoms with Crippen molar-refractivity contribution in [3.8, 4) is 0 Å². The van der Waals surface area contributed by atoms with Gasteiger partial charge in [-0.2, -0.15) is 0 Å². The summed E-state index contributed by atoms with van der Waals surface area (Å²) in [6.07, 6.45) is -44.3. The Bertz CT molecular complexity index is 1320. The van der Waals surface area contributed by atoms with Gasteiger partial charge >= 0.3 is 0 Å². The van der Waals surface area contributed by atoms with Gasteiger partial charge in [0.2, 0.25) is 5.91 Å². The molecule has 0 aromatic heterocycles. The predicted molar refractivity (Wildman–Crippen MR) is 178 cm³/mol. The van der Waals surface area contributed by atoms with E-state index >= 15 is 0 Å². The highest BCUT2D eigenvalue weighted by Gasteiger charge is 2.57. The highest BCUT2D eigenvalue weighted by molar-refractivity contribution is 5.73. The van der Waals surface area contributed by atoms with Crippen LogP contribution in [0.25, 0.3) is 0 Å². The number of ether oxygens (including phenoxy) is 9.